The third-order valence-electron chi connectivity index (χ3n) is 7.07. The van der Waals surface area contributed by atoms with E-state index >= 15 is 0 Å². The summed E-state index contributed by atoms with van der Waals surface area (Å²) in [4.78, 5) is 22.1. The lowest BCUT2D eigenvalue weighted by atomic mass is 9.78. The summed E-state index contributed by atoms with van der Waals surface area (Å²) in [5.41, 5.74) is 2.96. The number of rotatable bonds is 3. The van der Waals surface area contributed by atoms with Crippen LogP contribution in [0.3, 0.4) is 0 Å². The minimum absolute atomic E-state index is 0.115. The van der Waals surface area contributed by atoms with E-state index in [9.17, 15) is 4.79 Å². The minimum Gasteiger partial charge on any atom is -0.496 e. The van der Waals surface area contributed by atoms with Gasteiger partial charge in [0.1, 0.15) is 17.2 Å². The normalized spacial score (nSPS) is 20.4. The summed E-state index contributed by atoms with van der Waals surface area (Å²) in [6.07, 6.45) is 7.82. The van der Waals surface area contributed by atoms with Gasteiger partial charge < -0.3 is 19.3 Å². The van der Waals surface area contributed by atoms with Crippen molar-refractivity contribution in [2.75, 3.05) is 44.8 Å². The number of carbonyl (C=O) groups excluding carboxylic acids is 1. The Bertz CT molecular complexity index is 933. The van der Waals surface area contributed by atoms with E-state index in [2.05, 4.69) is 22.0 Å². The molecule has 0 unspecified atom stereocenters. The highest BCUT2D eigenvalue weighted by molar-refractivity contribution is 5.99. The Kier molecular flexibility index (Phi) is 5.57. The Balaban J connectivity index is 1.39. The number of aromatic nitrogens is 1. The average molecular weight is 422 g/mol. The van der Waals surface area contributed by atoms with Gasteiger partial charge in [0.2, 0.25) is 0 Å². The third kappa shape index (κ3) is 3.67. The number of ether oxygens (including phenoxy) is 2. The first-order valence-corrected chi connectivity index (χ1v) is 11.5. The van der Waals surface area contributed by atoms with E-state index in [1.165, 1.54) is 17.5 Å². The molecule has 0 atom stereocenters. The first-order chi connectivity index (χ1) is 15.2. The predicted octanol–water partition coefficient (Wildman–Crippen LogP) is 3.78. The van der Waals surface area contributed by atoms with Crippen molar-refractivity contribution in [1.82, 2.24) is 9.88 Å². The molecule has 3 aliphatic rings. The number of benzene rings is 1. The van der Waals surface area contributed by atoms with Crippen LogP contribution in [0.5, 0.6) is 5.75 Å². The quantitative estimate of drug-likeness (QED) is 0.755. The molecular weight excluding hydrogens is 390 g/mol. The number of piperidine rings is 2. The highest BCUT2D eigenvalue weighted by Crippen LogP contribution is 2.46. The molecule has 6 nitrogen and oxygen atoms in total. The molecule has 1 aromatic carbocycles. The molecule has 2 fully saturated rings. The zero-order chi connectivity index (χ0) is 21.3. The van der Waals surface area contributed by atoms with Gasteiger partial charge in [-0.25, -0.2) is 4.98 Å². The Hall–Kier alpha value is -2.60. The Morgan fingerprint density at radius 2 is 1.87 bits per heavy atom. The van der Waals surface area contributed by atoms with Crippen molar-refractivity contribution in [3.63, 3.8) is 0 Å². The van der Waals surface area contributed by atoms with Gasteiger partial charge >= 0.3 is 0 Å². The average Bonchev–Trinajstić information content (AvgIpc) is 2.84. The number of hydrogen-bond acceptors (Lipinski definition) is 5. The number of likely N-dealkylation sites (tertiary alicyclic amines) is 1. The molecule has 4 heterocycles. The standard InChI is InChI=1S/C25H31N3O3/c1-30-21-9-5-7-19-10-18-31-25(22(19)21)11-16-27(17-12-25)23-20(8-6-13-26-23)24(29)28-14-3-2-4-15-28/h5-9,13H,2-4,10-12,14-18H2,1H3. The molecule has 5 rings (SSSR count). The smallest absolute Gasteiger partial charge is 0.257 e. The monoisotopic (exact) mass is 421 g/mol. The van der Waals surface area contributed by atoms with Crippen LogP contribution >= 0.6 is 0 Å². The molecule has 0 saturated carbocycles. The molecule has 1 amide bonds. The molecule has 1 spiro atoms. The maximum Gasteiger partial charge on any atom is 0.257 e. The van der Waals surface area contributed by atoms with Crippen LogP contribution in [-0.4, -0.2) is 55.7 Å². The fourth-order valence-corrected chi connectivity index (χ4v) is 5.46. The summed E-state index contributed by atoms with van der Waals surface area (Å²) in [6, 6.07) is 10.1. The topological polar surface area (TPSA) is 54.9 Å². The summed E-state index contributed by atoms with van der Waals surface area (Å²) in [6.45, 7) is 4.04. The van der Waals surface area contributed by atoms with Crippen molar-refractivity contribution in [3.05, 3.63) is 53.2 Å². The van der Waals surface area contributed by atoms with Gasteiger partial charge in [-0.05, 0) is 62.3 Å². The van der Waals surface area contributed by atoms with Crippen LogP contribution in [0, 0.1) is 0 Å². The van der Waals surface area contributed by atoms with Gasteiger partial charge in [-0.1, -0.05) is 12.1 Å². The van der Waals surface area contributed by atoms with Gasteiger partial charge in [-0.2, -0.15) is 0 Å². The lowest BCUT2D eigenvalue weighted by Crippen LogP contribution is -2.47. The molecule has 1 aromatic heterocycles. The summed E-state index contributed by atoms with van der Waals surface area (Å²) < 4.78 is 12.1. The minimum atomic E-state index is -0.317. The highest BCUT2D eigenvalue weighted by Gasteiger charge is 2.43. The van der Waals surface area contributed by atoms with Crippen LogP contribution in [-0.2, 0) is 16.8 Å². The van der Waals surface area contributed by atoms with Gasteiger partial charge in [0.25, 0.3) is 5.91 Å². The van der Waals surface area contributed by atoms with Crippen LogP contribution in [0.25, 0.3) is 0 Å². The largest absolute Gasteiger partial charge is 0.496 e. The Labute approximate surface area is 184 Å². The van der Waals surface area contributed by atoms with Gasteiger partial charge in [-0.15, -0.1) is 0 Å². The maximum atomic E-state index is 13.2. The molecule has 2 aromatic rings. The van der Waals surface area contributed by atoms with Crippen molar-refractivity contribution in [3.8, 4) is 5.75 Å². The number of hydrogen-bond donors (Lipinski definition) is 0. The van der Waals surface area contributed by atoms with Crippen molar-refractivity contribution in [2.45, 2.75) is 44.1 Å². The Morgan fingerprint density at radius 1 is 1.06 bits per heavy atom. The molecule has 2 saturated heterocycles. The fourth-order valence-electron chi connectivity index (χ4n) is 5.46. The van der Waals surface area contributed by atoms with E-state index < -0.39 is 0 Å². The SMILES string of the molecule is COc1cccc2c1C1(CCN(c3ncccc3C(=O)N3CCCCC3)CC1)OCC2. The van der Waals surface area contributed by atoms with E-state index in [-0.39, 0.29) is 11.5 Å². The van der Waals surface area contributed by atoms with Crippen molar-refractivity contribution < 1.29 is 14.3 Å². The first kappa shape index (κ1) is 20.3. The van der Waals surface area contributed by atoms with Crippen LogP contribution < -0.4 is 9.64 Å². The zero-order valence-electron chi connectivity index (χ0n) is 18.3. The predicted molar refractivity (Wildman–Crippen MR) is 120 cm³/mol. The number of amides is 1. The molecule has 0 radical (unpaired) electrons. The van der Waals surface area contributed by atoms with Crippen molar-refractivity contribution >= 4 is 11.7 Å². The van der Waals surface area contributed by atoms with E-state index in [0.717, 1.165) is 82.0 Å². The van der Waals surface area contributed by atoms with Gasteiger partial charge in [-0.3, -0.25) is 4.79 Å². The van der Waals surface area contributed by atoms with E-state index in [1.54, 1.807) is 13.3 Å². The van der Waals surface area contributed by atoms with Crippen LogP contribution in [0.15, 0.2) is 36.5 Å². The number of methoxy groups -OCH3 is 1. The van der Waals surface area contributed by atoms with E-state index in [4.69, 9.17) is 9.47 Å². The second-order valence-corrected chi connectivity index (χ2v) is 8.80. The van der Waals surface area contributed by atoms with Crippen LogP contribution in [0.4, 0.5) is 5.82 Å². The number of nitrogens with zero attached hydrogens (tertiary/aromatic N) is 3. The molecule has 164 valence electrons. The lowest BCUT2D eigenvalue weighted by molar-refractivity contribution is -0.0780. The molecule has 3 aliphatic heterocycles. The van der Waals surface area contributed by atoms with E-state index in [0.29, 0.717) is 0 Å². The van der Waals surface area contributed by atoms with Gasteiger partial charge in [0, 0.05) is 37.9 Å². The molecule has 0 aliphatic carbocycles. The second kappa shape index (κ2) is 8.50. The van der Waals surface area contributed by atoms with E-state index in [1.807, 2.05) is 23.1 Å². The van der Waals surface area contributed by atoms with Crippen LogP contribution in [0.1, 0.15) is 53.6 Å². The van der Waals surface area contributed by atoms with Gasteiger partial charge in [0.15, 0.2) is 0 Å². The summed E-state index contributed by atoms with van der Waals surface area (Å²) in [7, 11) is 1.74. The maximum absolute atomic E-state index is 13.2. The van der Waals surface area contributed by atoms with Crippen LogP contribution in [0.2, 0.25) is 0 Å². The number of carbonyl (C=O) groups is 1. The molecule has 0 bridgehead atoms. The van der Waals surface area contributed by atoms with Gasteiger partial charge in [0.05, 0.1) is 19.3 Å². The zero-order valence-corrected chi connectivity index (χ0v) is 18.3. The van der Waals surface area contributed by atoms with Crippen molar-refractivity contribution in [1.29, 1.82) is 0 Å². The number of fused-ring (bicyclic) bond motifs is 2. The Morgan fingerprint density at radius 3 is 2.65 bits per heavy atom. The van der Waals surface area contributed by atoms with Crippen molar-refractivity contribution in [2.24, 2.45) is 0 Å². The second-order valence-electron chi connectivity index (χ2n) is 8.80. The number of anilines is 1. The molecule has 0 N–H and O–H groups in total. The molecule has 31 heavy (non-hydrogen) atoms. The highest BCUT2D eigenvalue weighted by atomic mass is 16.5. The summed E-state index contributed by atoms with van der Waals surface area (Å²) in [5, 5.41) is 0. The molecule has 6 heteroatoms. The third-order valence-corrected chi connectivity index (χ3v) is 7.07. The molecular formula is C25H31N3O3. The fraction of sp³-hybridized carbons (Fsp3) is 0.520. The first-order valence-electron chi connectivity index (χ1n) is 11.5. The number of pyridine rings is 1. The summed E-state index contributed by atoms with van der Waals surface area (Å²) in [5.74, 6) is 1.84. The summed E-state index contributed by atoms with van der Waals surface area (Å²) >= 11 is 0. The lowest BCUT2D eigenvalue weighted by Gasteiger charge is -2.46.